The summed E-state index contributed by atoms with van der Waals surface area (Å²) in [5.74, 6) is -0.0367. The molecule has 0 amide bonds. The van der Waals surface area contributed by atoms with E-state index in [0.717, 1.165) is 24.2 Å². The van der Waals surface area contributed by atoms with Gasteiger partial charge < -0.3 is 14.5 Å². The van der Waals surface area contributed by atoms with Crippen LogP contribution >= 0.6 is 0 Å². The Balaban J connectivity index is 1.72. The molecule has 0 aromatic heterocycles. The van der Waals surface area contributed by atoms with E-state index in [2.05, 4.69) is 54.0 Å². The zero-order valence-electron chi connectivity index (χ0n) is 16.0. The molecule has 5 rings (SSSR count). The van der Waals surface area contributed by atoms with E-state index < -0.39 is 0 Å². The lowest BCUT2D eigenvalue weighted by Gasteiger charge is -2.46. The predicted octanol–water partition coefficient (Wildman–Crippen LogP) is 3.21. The number of para-hydroxylation sites is 1. The van der Waals surface area contributed by atoms with E-state index in [0.29, 0.717) is 6.47 Å². The van der Waals surface area contributed by atoms with Crippen LogP contribution in [0.3, 0.4) is 0 Å². The molecule has 1 aromatic rings. The number of hydrogen-bond donors (Lipinski definition) is 0. The van der Waals surface area contributed by atoms with Crippen LogP contribution < -0.4 is 4.90 Å². The van der Waals surface area contributed by atoms with Crippen molar-refractivity contribution < 1.29 is 14.3 Å². The second-order valence-corrected chi connectivity index (χ2v) is 8.13. The Kier molecular flexibility index (Phi) is 3.63. The first-order valence-electron chi connectivity index (χ1n) is 9.62. The average molecular weight is 374 g/mol. The van der Waals surface area contributed by atoms with Crippen LogP contribution in [-0.4, -0.2) is 36.5 Å². The topological polar surface area (TPSA) is 49.9 Å². The molecule has 0 radical (unpaired) electrons. The molecule has 3 heterocycles. The summed E-state index contributed by atoms with van der Waals surface area (Å²) < 4.78 is 5.14. The van der Waals surface area contributed by atoms with Gasteiger partial charge in [-0.15, -0.1) is 0 Å². The summed E-state index contributed by atoms with van der Waals surface area (Å²) in [5, 5.41) is 0. The highest BCUT2D eigenvalue weighted by Gasteiger charge is 2.47. The van der Waals surface area contributed by atoms with Gasteiger partial charge in [0.15, 0.2) is 12.5 Å². The van der Waals surface area contributed by atoms with Gasteiger partial charge in [-0.05, 0) is 47.4 Å². The number of allylic oxidation sites excluding steroid dienone is 4. The lowest BCUT2D eigenvalue weighted by molar-refractivity contribution is -0.132. The standard InChI is InChI=1S/C23H22N2O3/c1-23(2)18-5-3-4-6-20(18)24-10-9-19-17(22(23)24)11-15-7-8-16(27)12-21(15)25(19)13-28-14-26/h3-8,11-12,14,19H,9-10,13H2,1-2H3. The van der Waals surface area contributed by atoms with Crippen molar-refractivity contribution >= 4 is 17.9 Å². The normalized spacial score (nSPS) is 24.1. The fourth-order valence-corrected chi connectivity index (χ4v) is 5.12. The maximum absolute atomic E-state index is 12.0. The highest BCUT2D eigenvalue weighted by molar-refractivity contribution is 6.02. The quantitative estimate of drug-likeness (QED) is 0.761. The van der Waals surface area contributed by atoms with Crippen molar-refractivity contribution in [3.63, 3.8) is 0 Å². The molecule has 28 heavy (non-hydrogen) atoms. The first-order valence-corrected chi connectivity index (χ1v) is 9.62. The van der Waals surface area contributed by atoms with Gasteiger partial charge in [0, 0.05) is 29.4 Å². The maximum atomic E-state index is 12.0. The highest BCUT2D eigenvalue weighted by Crippen LogP contribution is 2.53. The summed E-state index contributed by atoms with van der Waals surface area (Å²) in [6, 6.07) is 8.67. The second-order valence-electron chi connectivity index (χ2n) is 8.13. The zero-order chi connectivity index (χ0) is 19.5. The van der Waals surface area contributed by atoms with E-state index in [9.17, 15) is 9.59 Å². The average Bonchev–Trinajstić information content (AvgIpc) is 2.93. The number of carbonyl (C=O) groups excluding carboxylic acids is 2. The highest BCUT2D eigenvalue weighted by atomic mass is 16.5. The van der Waals surface area contributed by atoms with Crippen LogP contribution in [0.15, 0.2) is 71.1 Å². The van der Waals surface area contributed by atoms with Crippen LogP contribution in [-0.2, 0) is 19.7 Å². The van der Waals surface area contributed by atoms with Crippen LogP contribution in [0.1, 0.15) is 25.8 Å². The van der Waals surface area contributed by atoms with Crippen LogP contribution in [0, 0.1) is 0 Å². The Bertz CT molecular complexity index is 1010. The van der Waals surface area contributed by atoms with Crippen molar-refractivity contribution in [2.24, 2.45) is 0 Å². The van der Waals surface area contributed by atoms with Gasteiger partial charge >= 0.3 is 0 Å². The fourth-order valence-electron chi connectivity index (χ4n) is 5.12. The molecule has 5 heteroatoms. The van der Waals surface area contributed by atoms with Gasteiger partial charge in [0.2, 0.25) is 0 Å². The van der Waals surface area contributed by atoms with Crippen LogP contribution in [0.25, 0.3) is 0 Å². The molecule has 0 N–H and O–H groups in total. The molecule has 0 saturated heterocycles. The Morgan fingerprint density at radius 1 is 1.21 bits per heavy atom. The first kappa shape index (κ1) is 17.0. The number of ether oxygens (including phenoxy) is 1. The third-order valence-electron chi connectivity index (χ3n) is 6.27. The molecule has 1 aliphatic carbocycles. The number of hydrogen-bond acceptors (Lipinski definition) is 5. The van der Waals surface area contributed by atoms with E-state index in [-0.39, 0.29) is 24.0 Å². The lowest BCUT2D eigenvalue weighted by atomic mass is 9.77. The van der Waals surface area contributed by atoms with Gasteiger partial charge in [-0.3, -0.25) is 9.59 Å². The predicted molar refractivity (Wildman–Crippen MR) is 106 cm³/mol. The maximum Gasteiger partial charge on any atom is 0.294 e. The van der Waals surface area contributed by atoms with Crippen molar-refractivity contribution in [3.05, 3.63) is 76.7 Å². The molecule has 0 bridgehead atoms. The van der Waals surface area contributed by atoms with Crippen molar-refractivity contribution in [2.75, 3.05) is 18.2 Å². The monoisotopic (exact) mass is 374 g/mol. The summed E-state index contributed by atoms with van der Waals surface area (Å²) in [6.45, 7) is 6.04. The minimum absolute atomic E-state index is 0.0367. The summed E-state index contributed by atoms with van der Waals surface area (Å²) in [7, 11) is 0. The van der Waals surface area contributed by atoms with E-state index >= 15 is 0 Å². The second kappa shape index (κ2) is 5.96. The number of rotatable bonds is 3. The molecule has 5 nitrogen and oxygen atoms in total. The smallest absolute Gasteiger partial charge is 0.294 e. The zero-order valence-corrected chi connectivity index (χ0v) is 16.0. The van der Waals surface area contributed by atoms with Gasteiger partial charge in [-0.1, -0.05) is 32.0 Å². The number of carbonyl (C=O) groups is 2. The third-order valence-corrected chi connectivity index (χ3v) is 6.27. The number of fused-ring (bicyclic) bond motifs is 5. The van der Waals surface area contributed by atoms with E-state index in [4.69, 9.17) is 4.74 Å². The Labute approximate surface area is 164 Å². The molecule has 0 saturated carbocycles. The Morgan fingerprint density at radius 2 is 2.04 bits per heavy atom. The van der Waals surface area contributed by atoms with Gasteiger partial charge in [0.1, 0.15) is 0 Å². The fraction of sp³-hybridized carbons (Fsp3) is 0.304. The number of ketones is 1. The number of benzene rings is 1. The molecule has 1 atom stereocenters. The van der Waals surface area contributed by atoms with Crippen molar-refractivity contribution in [1.82, 2.24) is 4.90 Å². The van der Waals surface area contributed by atoms with E-state index in [1.54, 1.807) is 12.2 Å². The minimum Gasteiger partial charge on any atom is -0.446 e. The molecular weight excluding hydrogens is 352 g/mol. The van der Waals surface area contributed by atoms with Gasteiger partial charge in [0.05, 0.1) is 11.7 Å². The van der Waals surface area contributed by atoms with E-state index in [1.165, 1.54) is 22.5 Å². The Hall–Kier alpha value is -3.08. The minimum atomic E-state index is -0.117. The first-order chi connectivity index (χ1) is 13.5. The summed E-state index contributed by atoms with van der Waals surface area (Å²) in [6.07, 6.45) is 8.21. The van der Waals surface area contributed by atoms with Crippen molar-refractivity contribution in [3.8, 4) is 0 Å². The molecule has 142 valence electrons. The molecular formula is C23H22N2O3. The van der Waals surface area contributed by atoms with Crippen LogP contribution in [0.2, 0.25) is 0 Å². The van der Waals surface area contributed by atoms with Crippen molar-refractivity contribution in [2.45, 2.75) is 31.7 Å². The van der Waals surface area contributed by atoms with Crippen LogP contribution in [0.4, 0.5) is 5.69 Å². The lowest BCUT2D eigenvalue weighted by Crippen LogP contribution is -2.48. The molecule has 4 aliphatic rings. The number of anilines is 1. The summed E-state index contributed by atoms with van der Waals surface area (Å²) >= 11 is 0. The molecule has 0 spiro atoms. The van der Waals surface area contributed by atoms with Gasteiger partial charge in [0.25, 0.3) is 6.47 Å². The largest absolute Gasteiger partial charge is 0.446 e. The molecule has 1 unspecified atom stereocenters. The molecule has 0 fully saturated rings. The number of nitrogens with zero attached hydrogens (tertiary/aromatic N) is 2. The van der Waals surface area contributed by atoms with Crippen molar-refractivity contribution in [1.29, 1.82) is 0 Å². The third kappa shape index (κ3) is 2.25. The van der Waals surface area contributed by atoms with Crippen LogP contribution in [0.5, 0.6) is 0 Å². The summed E-state index contributed by atoms with van der Waals surface area (Å²) in [5.41, 5.74) is 6.87. The van der Waals surface area contributed by atoms with Gasteiger partial charge in [-0.2, -0.15) is 0 Å². The van der Waals surface area contributed by atoms with E-state index in [1.807, 2.05) is 6.08 Å². The summed E-state index contributed by atoms with van der Waals surface area (Å²) in [4.78, 5) is 27.4. The Morgan fingerprint density at radius 3 is 2.86 bits per heavy atom. The van der Waals surface area contributed by atoms with Gasteiger partial charge in [-0.25, -0.2) is 0 Å². The SMILES string of the molecule is CC1(C)C2=C3C=C4C=CC(=O)C=C4N(COC=O)C3CCN2c2ccccc21. The molecule has 3 aliphatic heterocycles. The molecule has 1 aromatic carbocycles.